The Bertz CT molecular complexity index is 608. The molecule has 5 nitrogen and oxygen atoms in total. The van der Waals surface area contributed by atoms with Gasteiger partial charge in [0.25, 0.3) is 0 Å². The van der Waals surface area contributed by atoms with Gasteiger partial charge in [0, 0.05) is 12.7 Å². The van der Waals surface area contributed by atoms with Gasteiger partial charge in [0.15, 0.2) is 0 Å². The maximum absolute atomic E-state index is 12.0. The zero-order valence-corrected chi connectivity index (χ0v) is 10.3. The van der Waals surface area contributed by atoms with Gasteiger partial charge in [-0.15, -0.1) is 0 Å². The van der Waals surface area contributed by atoms with Gasteiger partial charge in [-0.3, -0.25) is 4.57 Å². The number of fused-ring (bicyclic) bond motifs is 1. The molecule has 0 radical (unpaired) electrons. The lowest BCUT2D eigenvalue weighted by atomic mass is 10.1. The normalized spacial score (nSPS) is 20.2. The summed E-state index contributed by atoms with van der Waals surface area (Å²) in [5.41, 5.74) is 1.65. The molecule has 18 heavy (non-hydrogen) atoms. The molecule has 96 valence electrons. The summed E-state index contributed by atoms with van der Waals surface area (Å²) in [4.78, 5) is 14.9. The molecule has 0 spiro atoms. The Balaban J connectivity index is 2.10. The van der Waals surface area contributed by atoms with Gasteiger partial charge in [-0.05, 0) is 25.0 Å². The maximum atomic E-state index is 12.0. The molecule has 1 aromatic heterocycles. The molecule has 0 bridgehead atoms. The van der Waals surface area contributed by atoms with E-state index in [2.05, 4.69) is 4.98 Å². The molecule has 0 saturated carbocycles. The minimum atomic E-state index is -0.0752. The topological polar surface area (TPSA) is 56.2 Å². The van der Waals surface area contributed by atoms with Gasteiger partial charge in [-0.2, -0.15) is 0 Å². The fourth-order valence-corrected chi connectivity index (χ4v) is 2.53. The van der Waals surface area contributed by atoms with Crippen molar-refractivity contribution in [3.05, 3.63) is 28.7 Å². The van der Waals surface area contributed by atoms with Crippen molar-refractivity contribution in [2.24, 2.45) is 0 Å². The number of nitrogens with one attached hydrogen (secondary N) is 1. The molecule has 1 fully saturated rings. The number of aromatic nitrogens is 2. The molecule has 1 atom stereocenters. The van der Waals surface area contributed by atoms with Crippen LogP contribution in [0.3, 0.4) is 0 Å². The van der Waals surface area contributed by atoms with E-state index in [4.69, 9.17) is 9.47 Å². The standard InChI is InChI=1S/C13H16N2O3/c1-17-10-4-5-12-11(7-10)14-13(16)15(12)9-3-2-6-18-8-9/h4-5,7,9H,2-3,6,8H2,1H3,(H,14,16). The average molecular weight is 248 g/mol. The minimum absolute atomic E-state index is 0.0752. The molecule has 3 rings (SSSR count). The Morgan fingerprint density at radius 2 is 2.39 bits per heavy atom. The van der Waals surface area contributed by atoms with Crippen LogP contribution >= 0.6 is 0 Å². The number of benzene rings is 1. The molecule has 1 aliphatic rings. The molecule has 5 heteroatoms. The van der Waals surface area contributed by atoms with Crippen LogP contribution in [0.2, 0.25) is 0 Å². The summed E-state index contributed by atoms with van der Waals surface area (Å²) in [5.74, 6) is 0.746. The lowest BCUT2D eigenvalue weighted by Crippen LogP contribution is -2.28. The van der Waals surface area contributed by atoms with Crippen molar-refractivity contribution in [3.63, 3.8) is 0 Å². The summed E-state index contributed by atoms with van der Waals surface area (Å²) in [7, 11) is 1.62. The van der Waals surface area contributed by atoms with Crippen LogP contribution in [-0.4, -0.2) is 29.9 Å². The Kier molecular flexibility index (Phi) is 2.83. The van der Waals surface area contributed by atoms with Gasteiger partial charge in [-0.1, -0.05) is 0 Å². The maximum Gasteiger partial charge on any atom is 0.326 e. The van der Waals surface area contributed by atoms with Gasteiger partial charge >= 0.3 is 5.69 Å². The van der Waals surface area contributed by atoms with Gasteiger partial charge in [0.1, 0.15) is 5.75 Å². The first-order valence-corrected chi connectivity index (χ1v) is 6.15. The zero-order valence-electron chi connectivity index (χ0n) is 10.3. The Labute approximate surface area is 104 Å². The molecule has 1 unspecified atom stereocenters. The molecule has 2 aromatic rings. The van der Waals surface area contributed by atoms with Crippen LogP contribution in [0, 0.1) is 0 Å². The third-order valence-electron chi connectivity index (χ3n) is 3.43. The van der Waals surface area contributed by atoms with E-state index < -0.39 is 0 Å². The fraction of sp³-hybridized carbons (Fsp3) is 0.462. The first-order valence-electron chi connectivity index (χ1n) is 6.15. The second kappa shape index (κ2) is 4.49. The van der Waals surface area contributed by atoms with Crippen LogP contribution < -0.4 is 10.4 Å². The van der Waals surface area contributed by atoms with Crippen molar-refractivity contribution in [1.29, 1.82) is 0 Å². The van der Waals surface area contributed by atoms with Crippen LogP contribution in [0.1, 0.15) is 18.9 Å². The average Bonchev–Trinajstić information content (AvgIpc) is 2.74. The summed E-state index contributed by atoms with van der Waals surface area (Å²) in [6, 6.07) is 5.77. The largest absolute Gasteiger partial charge is 0.497 e. The van der Waals surface area contributed by atoms with Gasteiger partial charge in [-0.25, -0.2) is 4.79 Å². The molecule has 0 aliphatic carbocycles. The van der Waals surface area contributed by atoms with Crippen LogP contribution in [0.5, 0.6) is 5.75 Å². The summed E-state index contributed by atoms with van der Waals surface area (Å²) in [5, 5.41) is 0. The monoisotopic (exact) mass is 248 g/mol. The van der Waals surface area contributed by atoms with Crippen molar-refractivity contribution in [1.82, 2.24) is 9.55 Å². The van der Waals surface area contributed by atoms with E-state index >= 15 is 0 Å². The molecular formula is C13H16N2O3. The first-order chi connectivity index (χ1) is 8.79. The van der Waals surface area contributed by atoms with Crippen molar-refractivity contribution >= 4 is 11.0 Å². The molecule has 1 saturated heterocycles. The molecule has 2 heterocycles. The summed E-state index contributed by atoms with van der Waals surface area (Å²) in [6.07, 6.45) is 1.98. The summed E-state index contributed by atoms with van der Waals surface area (Å²) < 4.78 is 12.4. The minimum Gasteiger partial charge on any atom is -0.497 e. The van der Waals surface area contributed by atoms with Gasteiger partial charge in [0.05, 0.1) is 30.8 Å². The number of H-pyrrole nitrogens is 1. The number of nitrogens with zero attached hydrogens (tertiary/aromatic N) is 1. The second-order valence-corrected chi connectivity index (χ2v) is 4.55. The van der Waals surface area contributed by atoms with E-state index in [1.165, 1.54) is 0 Å². The van der Waals surface area contributed by atoms with Crippen molar-refractivity contribution in [2.75, 3.05) is 20.3 Å². The van der Waals surface area contributed by atoms with E-state index in [1.807, 2.05) is 18.2 Å². The highest BCUT2D eigenvalue weighted by Gasteiger charge is 2.20. The summed E-state index contributed by atoms with van der Waals surface area (Å²) >= 11 is 0. The highest BCUT2D eigenvalue weighted by atomic mass is 16.5. The Morgan fingerprint density at radius 3 is 3.11 bits per heavy atom. The Morgan fingerprint density at radius 1 is 1.50 bits per heavy atom. The van der Waals surface area contributed by atoms with E-state index in [0.717, 1.165) is 36.2 Å². The first kappa shape index (κ1) is 11.3. The highest BCUT2D eigenvalue weighted by molar-refractivity contribution is 5.77. The fourth-order valence-electron chi connectivity index (χ4n) is 2.53. The number of rotatable bonds is 2. The lowest BCUT2D eigenvalue weighted by Gasteiger charge is -2.23. The number of ether oxygens (including phenoxy) is 2. The quantitative estimate of drug-likeness (QED) is 0.879. The number of imidazole rings is 1. The third-order valence-corrected chi connectivity index (χ3v) is 3.43. The van der Waals surface area contributed by atoms with Crippen LogP contribution in [0.4, 0.5) is 0 Å². The molecule has 0 amide bonds. The number of hydrogen-bond donors (Lipinski definition) is 1. The number of hydrogen-bond acceptors (Lipinski definition) is 3. The van der Waals surface area contributed by atoms with Crippen molar-refractivity contribution in [3.8, 4) is 5.75 Å². The molecule has 1 aromatic carbocycles. The highest BCUT2D eigenvalue weighted by Crippen LogP contribution is 2.24. The van der Waals surface area contributed by atoms with E-state index in [0.29, 0.717) is 6.61 Å². The van der Waals surface area contributed by atoms with Gasteiger partial charge in [0.2, 0.25) is 0 Å². The molecule has 1 N–H and O–H groups in total. The summed E-state index contributed by atoms with van der Waals surface area (Å²) in [6.45, 7) is 1.40. The van der Waals surface area contributed by atoms with Crippen LogP contribution in [-0.2, 0) is 4.74 Å². The SMILES string of the molecule is COc1ccc2c(c1)[nH]c(=O)n2C1CCCOC1. The van der Waals surface area contributed by atoms with Crippen LogP contribution in [0.25, 0.3) is 11.0 Å². The predicted octanol–water partition coefficient (Wildman–Crippen LogP) is 1.69. The number of methoxy groups -OCH3 is 1. The van der Waals surface area contributed by atoms with Gasteiger partial charge < -0.3 is 14.5 Å². The molecule has 1 aliphatic heterocycles. The van der Waals surface area contributed by atoms with E-state index in [1.54, 1.807) is 11.7 Å². The lowest BCUT2D eigenvalue weighted by molar-refractivity contribution is 0.0595. The second-order valence-electron chi connectivity index (χ2n) is 4.55. The van der Waals surface area contributed by atoms with Crippen LogP contribution in [0.15, 0.2) is 23.0 Å². The van der Waals surface area contributed by atoms with Crippen molar-refractivity contribution in [2.45, 2.75) is 18.9 Å². The third kappa shape index (κ3) is 1.80. The predicted molar refractivity (Wildman–Crippen MR) is 68.2 cm³/mol. The zero-order chi connectivity index (χ0) is 12.5. The van der Waals surface area contributed by atoms with E-state index in [9.17, 15) is 4.79 Å². The Hall–Kier alpha value is -1.75. The van der Waals surface area contributed by atoms with E-state index in [-0.39, 0.29) is 11.7 Å². The smallest absolute Gasteiger partial charge is 0.326 e. The number of aromatic amines is 1. The molecular weight excluding hydrogens is 232 g/mol. The van der Waals surface area contributed by atoms with Crippen molar-refractivity contribution < 1.29 is 9.47 Å².